The maximum absolute atomic E-state index is 11.8. The molecule has 0 saturated carbocycles. The summed E-state index contributed by atoms with van der Waals surface area (Å²) in [5.74, 6) is -1.03. The van der Waals surface area contributed by atoms with Crippen molar-refractivity contribution in [3.63, 3.8) is 0 Å². The predicted octanol–water partition coefficient (Wildman–Crippen LogP) is 2.14. The van der Waals surface area contributed by atoms with E-state index >= 15 is 0 Å². The number of carbonyl (C=O) groups is 2. The summed E-state index contributed by atoms with van der Waals surface area (Å²) in [6.45, 7) is 1.71. The Balaban J connectivity index is 2.01. The van der Waals surface area contributed by atoms with Crippen molar-refractivity contribution in [3.8, 4) is 0 Å². The summed E-state index contributed by atoms with van der Waals surface area (Å²) in [7, 11) is 0. The first-order valence-corrected chi connectivity index (χ1v) is 6.81. The molecule has 0 aliphatic heterocycles. The molecule has 6 nitrogen and oxygen atoms in total. The molecule has 2 rings (SSSR count). The molecule has 0 bridgehead atoms. The third-order valence-corrected chi connectivity index (χ3v) is 3.57. The average molecular weight is 294 g/mol. The lowest BCUT2D eigenvalue weighted by Gasteiger charge is -2.24. The minimum atomic E-state index is -1.61. The van der Waals surface area contributed by atoms with Crippen LogP contribution in [0.1, 0.15) is 18.2 Å². The number of amides is 2. The summed E-state index contributed by atoms with van der Waals surface area (Å²) in [6, 6.07) is 4.39. The Kier molecular flexibility index (Phi) is 4.09. The van der Waals surface area contributed by atoms with Gasteiger partial charge in [0.25, 0.3) is 0 Å². The highest BCUT2D eigenvalue weighted by molar-refractivity contribution is 7.07. The van der Waals surface area contributed by atoms with Crippen LogP contribution in [0.15, 0.2) is 39.6 Å². The van der Waals surface area contributed by atoms with Crippen LogP contribution in [-0.4, -0.2) is 17.1 Å². The van der Waals surface area contributed by atoms with E-state index in [9.17, 15) is 14.7 Å². The molecule has 7 heteroatoms. The monoisotopic (exact) mass is 294 g/mol. The normalized spacial score (nSPS) is 13.4. The lowest BCUT2D eigenvalue weighted by molar-refractivity contribution is -0.144. The van der Waals surface area contributed by atoms with Crippen LogP contribution >= 0.6 is 11.3 Å². The molecule has 0 aliphatic rings. The number of carboxylic acids is 1. The Labute approximate surface area is 119 Å². The van der Waals surface area contributed by atoms with Crippen LogP contribution in [0.4, 0.5) is 4.79 Å². The second kappa shape index (κ2) is 5.79. The number of furan rings is 1. The zero-order valence-electron chi connectivity index (χ0n) is 10.8. The van der Waals surface area contributed by atoms with Gasteiger partial charge in [-0.1, -0.05) is 0 Å². The van der Waals surface area contributed by atoms with Gasteiger partial charge in [0.2, 0.25) is 0 Å². The Bertz CT molecular complexity index is 580. The highest BCUT2D eigenvalue weighted by atomic mass is 32.1. The number of thiophene rings is 1. The molecular formula is C13H14N2O4S. The lowest BCUT2D eigenvalue weighted by atomic mass is 9.99. The van der Waals surface area contributed by atoms with Gasteiger partial charge in [-0.25, -0.2) is 9.59 Å². The van der Waals surface area contributed by atoms with E-state index in [4.69, 9.17) is 4.42 Å². The first-order chi connectivity index (χ1) is 9.52. The fraction of sp³-hybridized carbons (Fsp3) is 0.231. The van der Waals surface area contributed by atoms with E-state index in [0.29, 0.717) is 6.54 Å². The third-order valence-electron chi connectivity index (χ3n) is 2.84. The molecule has 106 valence electrons. The quantitative estimate of drug-likeness (QED) is 0.788. The number of aliphatic carboxylic acids is 1. The lowest BCUT2D eigenvalue weighted by Crippen LogP contribution is -2.52. The smallest absolute Gasteiger partial charge is 0.337 e. The zero-order valence-corrected chi connectivity index (χ0v) is 11.6. The molecule has 1 unspecified atom stereocenters. The number of nitrogens with one attached hydrogen (secondary N) is 2. The number of urea groups is 1. The first kappa shape index (κ1) is 14.1. The Morgan fingerprint density at radius 1 is 1.45 bits per heavy atom. The Hall–Kier alpha value is -2.28. The number of hydrogen-bond donors (Lipinski definition) is 3. The molecule has 0 radical (unpaired) electrons. The van der Waals surface area contributed by atoms with E-state index in [-0.39, 0.29) is 5.76 Å². The van der Waals surface area contributed by atoms with Gasteiger partial charge in [-0.2, -0.15) is 11.3 Å². The summed E-state index contributed by atoms with van der Waals surface area (Å²) >= 11 is 1.53. The van der Waals surface area contributed by atoms with E-state index in [0.717, 1.165) is 5.56 Å². The summed E-state index contributed by atoms with van der Waals surface area (Å²) in [5, 5.41) is 18.1. The van der Waals surface area contributed by atoms with Crippen molar-refractivity contribution in [2.45, 2.75) is 19.0 Å². The SMILES string of the molecule is CC(NC(=O)NCc1ccsc1)(C(=O)O)c1ccco1. The molecule has 0 aliphatic carbocycles. The first-order valence-electron chi connectivity index (χ1n) is 5.87. The fourth-order valence-electron chi connectivity index (χ4n) is 1.63. The van der Waals surface area contributed by atoms with E-state index in [2.05, 4.69) is 10.6 Å². The topological polar surface area (TPSA) is 91.6 Å². The molecule has 2 aromatic rings. The number of carboxylic acid groups (broad SMARTS) is 1. The molecule has 2 heterocycles. The number of carbonyl (C=O) groups excluding carboxylic acids is 1. The van der Waals surface area contributed by atoms with E-state index in [1.807, 2.05) is 16.8 Å². The highest BCUT2D eigenvalue weighted by Crippen LogP contribution is 2.21. The summed E-state index contributed by atoms with van der Waals surface area (Å²) in [4.78, 5) is 23.2. The molecule has 0 saturated heterocycles. The summed E-state index contributed by atoms with van der Waals surface area (Å²) < 4.78 is 5.09. The van der Waals surface area contributed by atoms with Crippen LogP contribution in [0.5, 0.6) is 0 Å². The van der Waals surface area contributed by atoms with Gasteiger partial charge in [-0.05, 0) is 41.4 Å². The maximum Gasteiger partial charge on any atom is 0.337 e. The van der Waals surface area contributed by atoms with Crippen LogP contribution in [0.3, 0.4) is 0 Å². The van der Waals surface area contributed by atoms with Crippen LogP contribution in [-0.2, 0) is 16.9 Å². The van der Waals surface area contributed by atoms with Crippen molar-refractivity contribution in [2.24, 2.45) is 0 Å². The van der Waals surface area contributed by atoms with Crippen LogP contribution in [0.25, 0.3) is 0 Å². The van der Waals surface area contributed by atoms with Gasteiger partial charge in [-0.15, -0.1) is 0 Å². The standard InChI is InChI=1S/C13H14N2O4S/c1-13(11(16)17,10-3-2-5-19-10)15-12(18)14-7-9-4-6-20-8-9/h2-6,8H,7H2,1H3,(H,16,17)(H2,14,15,18). The Morgan fingerprint density at radius 2 is 2.25 bits per heavy atom. The van der Waals surface area contributed by atoms with Gasteiger partial charge in [0, 0.05) is 6.54 Å². The van der Waals surface area contributed by atoms with Crippen LogP contribution in [0.2, 0.25) is 0 Å². The van der Waals surface area contributed by atoms with Crippen LogP contribution in [0, 0.1) is 0 Å². The zero-order chi connectivity index (χ0) is 14.6. The van der Waals surface area contributed by atoms with Crippen molar-refractivity contribution in [1.82, 2.24) is 10.6 Å². The van der Waals surface area contributed by atoms with Gasteiger partial charge in [0.15, 0.2) is 5.54 Å². The Morgan fingerprint density at radius 3 is 2.80 bits per heavy atom. The maximum atomic E-state index is 11.8. The summed E-state index contributed by atoms with van der Waals surface area (Å²) in [5.41, 5.74) is -0.650. The molecule has 3 N–H and O–H groups in total. The van der Waals surface area contributed by atoms with Crippen LogP contribution < -0.4 is 10.6 Å². The van der Waals surface area contributed by atoms with Crippen molar-refractivity contribution in [2.75, 3.05) is 0 Å². The average Bonchev–Trinajstić information content (AvgIpc) is 3.09. The number of rotatable bonds is 5. The minimum Gasteiger partial charge on any atom is -0.479 e. The van der Waals surface area contributed by atoms with Crippen molar-refractivity contribution >= 4 is 23.3 Å². The molecule has 2 aromatic heterocycles. The number of hydrogen-bond acceptors (Lipinski definition) is 4. The second-order valence-electron chi connectivity index (χ2n) is 4.35. The summed E-state index contributed by atoms with van der Waals surface area (Å²) in [6.07, 6.45) is 1.36. The molecule has 2 amide bonds. The van der Waals surface area contributed by atoms with Gasteiger partial charge >= 0.3 is 12.0 Å². The van der Waals surface area contributed by atoms with Crippen molar-refractivity contribution in [1.29, 1.82) is 0 Å². The molecule has 0 spiro atoms. The van der Waals surface area contributed by atoms with Gasteiger partial charge in [0.1, 0.15) is 5.76 Å². The fourth-order valence-corrected chi connectivity index (χ4v) is 2.30. The molecule has 0 fully saturated rings. The van der Waals surface area contributed by atoms with E-state index in [1.165, 1.54) is 30.6 Å². The molecule has 1 atom stereocenters. The predicted molar refractivity (Wildman–Crippen MR) is 73.4 cm³/mol. The van der Waals surface area contributed by atoms with Gasteiger partial charge < -0.3 is 20.2 Å². The van der Waals surface area contributed by atoms with E-state index in [1.54, 1.807) is 6.07 Å². The third kappa shape index (κ3) is 3.00. The minimum absolute atomic E-state index is 0.163. The molecular weight excluding hydrogens is 280 g/mol. The molecule has 20 heavy (non-hydrogen) atoms. The molecule has 0 aromatic carbocycles. The highest BCUT2D eigenvalue weighted by Gasteiger charge is 2.39. The van der Waals surface area contributed by atoms with Crippen molar-refractivity contribution < 1.29 is 19.1 Å². The van der Waals surface area contributed by atoms with E-state index < -0.39 is 17.5 Å². The largest absolute Gasteiger partial charge is 0.479 e. The second-order valence-corrected chi connectivity index (χ2v) is 5.13. The van der Waals surface area contributed by atoms with Gasteiger partial charge in [-0.3, -0.25) is 0 Å². The van der Waals surface area contributed by atoms with Crippen molar-refractivity contribution in [3.05, 3.63) is 46.5 Å². The van der Waals surface area contributed by atoms with Gasteiger partial charge in [0.05, 0.1) is 6.26 Å².